The van der Waals surface area contributed by atoms with E-state index in [1.807, 2.05) is 48.5 Å². The Morgan fingerprint density at radius 3 is 2.61 bits per heavy atom. The van der Waals surface area contributed by atoms with Crippen molar-refractivity contribution in [3.63, 3.8) is 0 Å². The van der Waals surface area contributed by atoms with Gasteiger partial charge in [0, 0.05) is 19.1 Å². The highest BCUT2D eigenvalue weighted by Crippen LogP contribution is 2.31. The van der Waals surface area contributed by atoms with E-state index in [0.29, 0.717) is 31.4 Å². The first-order valence-electron chi connectivity index (χ1n) is 14.5. The van der Waals surface area contributed by atoms with Crippen molar-refractivity contribution in [2.45, 2.75) is 42.8 Å². The topological polar surface area (TPSA) is 129 Å². The van der Waals surface area contributed by atoms with Gasteiger partial charge in [0.15, 0.2) is 0 Å². The van der Waals surface area contributed by atoms with Crippen LogP contribution in [0.15, 0.2) is 89.8 Å². The summed E-state index contributed by atoms with van der Waals surface area (Å²) in [6, 6.07) is 25.5. The molecule has 0 radical (unpaired) electrons. The lowest BCUT2D eigenvalue weighted by molar-refractivity contribution is -0.136. The van der Waals surface area contributed by atoms with Crippen molar-refractivity contribution >= 4 is 32.6 Å². The molecular formula is C34H32N4O5S. The molecule has 1 aliphatic carbocycles. The number of nitrogens with zero attached hydrogens (tertiary/aromatic N) is 2. The zero-order chi connectivity index (χ0) is 30.8. The van der Waals surface area contributed by atoms with Gasteiger partial charge in [-0.3, -0.25) is 9.59 Å². The first-order valence-corrected chi connectivity index (χ1v) is 16.0. The Morgan fingerprint density at radius 1 is 1.02 bits per heavy atom. The average molecular weight is 609 g/mol. The summed E-state index contributed by atoms with van der Waals surface area (Å²) in [4.78, 5) is 29.3. The van der Waals surface area contributed by atoms with E-state index in [-0.39, 0.29) is 23.4 Å². The normalized spacial score (nSPS) is 18.5. The number of methoxy groups -OCH3 is 1. The first-order chi connectivity index (χ1) is 21.3. The van der Waals surface area contributed by atoms with Crippen molar-refractivity contribution in [1.82, 2.24) is 14.9 Å². The van der Waals surface area contributed by atoms with E-state index in [4.69, 9.17) is 4.74 Å². The molecule has 224 valence electrons. The van der Waals surface area contributed by atoms with E-state index in [1.165, 1.54) is 6.07 Å². The average Bonchev–Trinajstić information content (AvgIpc) is 3.61. The maximum Gasteiger partial charge on any atom is 0.241 e. The number of amides is 2. The standard InChI is InChI=1S/C34H32N4O5S/c1-43-31-11-5-10-26-17-27(19-30(26)31)36-33(39)32(37-44(41,42)28-13-12-24-8-2-3-9-25(24)18-28)29-14-15-38(34(29)40)21-23-7-4-6-22(16-23)20-35/h2-13,16,18,27,29,32,37H,14-15,17,19,21H2,1H3,(H,36,39)/t27?,29-,32?/m0/s1. The van der Waals surface area contributed by atoms with Gasteiger partial charge in [-0.25, -0.2) is 8.42 Å². The number of rotatable bonds is 9. The van der Waals surface area contributed by atoms with Gasteiger partial charge < -0.3 is 15.0 Å². The molecule has 2 amide bonds. The number of benzene rings is 4. The lowest BCUT2D eigenvalue weighted by Crippen LogP contribution is -2.54. The quantitative estimate of drug-likeness (QED) is 0.298. The summed E-state index contributed by atoms with van der Waals surface area (Å²) in [6.45, 7) is 0.613. The van der Waals surface area contributed by atoms with Gasteiger partial charge in [0.2, 0.25) is 21.8 Å². The monoisotopic (exact) mass is 608 g/mol. The van der Waals surface area contributed by atoms with Crippen LogP contribution in [0.4, 0.5) is 0 Å². The second-order valence-corrected chi connectivity index (χ2v) is 13.0. The van der Waals surface area contributed by atoms with E-state index in [0.717, 1.165) is 33.2 Å². The van der Waals surface area contributed by atoms with Crippen molar-refractivity contribution in [2.24, 2.45) is 5.92 Å². The predicted molar refractivity (Wildman–Crippen MR) is 165 cm³/mol. The molecule has 1 saturated heterocycles. The van der Waals surface area contributed by atoms with Crippen molar-refractivity contribution < 1.29 is 22.7 Å². The number of ether oxygens (including phenoxy) is 1. The molecule has 44 heavy (non-hydrogen) atoms. The third-order valence-electron chi connectivity index (χ3n) is 8.48. The predicted octanol–water partition coefficient (Wildman–Crippen LogP) is 3.70. The van der Waals surface area contributed by atoms with Crippen LogP contribution in [0.2, 0.25) is 0 Å². The number of likely N-dealkylation sites (tertiary alicyclic amines) is 1. The highest BCUT2D eigenvalue weighted by atomic mass is 32.2. The van der Waals surface area contributed by atoms with Crippen LogP contribution in [-0.2, 0) is 39.0 Å². The molecule has 0 saturated carbocycles. The van der Waals surface area contributed by atoms with Crippen LogP contribution in [0.5, 0.6) is 5.75 Å². The van der Waals surface area contributed by atoms with Crippen LogP contribution in [0.3, 0.4) is 0 Å². The highest BCUT2D eigenvalue weighted by molar-refractivity contribution is 7.89. The zero-order valence-electron chi connectivity index (χ0n) is 24.2. The lowest BCUT2D eigenvalue weighted by Gasteiger charge is -2.25. The number of carbonyl (C=O) groups is 2. The van der Waals surface area contributed by atoms with E-state index in [9.17, 15) is 23.3 Å². The number of sulfonamides is 1. The van der Waals surface area contributed by atoms with Crippen molar-refractivity contribution in [3.05, 3.63) is 107 Å². The Bertz CT molecular complexity index is 1900. The fourth-order valence-electron chi connectivity index (χ4n) is 6.28. The maximum atomic E-state index is 13.9. The van der Waals surface area contributed by atoms with Crippen LogP contribution in [0.25, 0.3) is 10.8 Å². The minimum Gasteiger partial charge on any atom is -0.496 e. The molecule has 2 unspecified atom stereocenters. The van der Waals surface area contributed by atoms with Gasteiger partial charge in [0.05, 0.1) is 29.6 Å². The summed E-state index contributed by atoms with van der Waals surface area (Å²) in [6.07, 6.45) is 1.41. The second kappa shape index (κ2) is 12.1. The third-order valence-corrected chi connectivity index (χ3v) is 9.92. The molecule has 9 nitrogen and oxygen atoms in total. The van der Waals surface area contributed by atoms with E-state index >= 15 is 0 Å². The third kappa shape index (κ3) is 5.89. The number of hydrogen-bond donors (Lipinski definition) is 2. The van der Waals surface area contributed by atoms with E-state index in [1.54, 1.807) is 42.3 Å². The van der Waals surface area contributed by atoms with Gasteiger partial charge in [-0.15, -0.1) is 0 Å². The molecular weight excluding hydrogens is 576 g/mol. The van der Waals surface area contributed by atoms with Gasteiger partial charge in [-0.2, -0.15) is 9.98 Å². The van der Waals surface area contributed by atoms with Crippen molar-refractivity contribution in [3.8, 4) is 11.8 Å². The summed E-state index contributed by atoms with van der Waals surface area (Å²) in [7, 11) is -2.57. The molecule has 1 fully saturated rings. The largest absolute Gasteiger partial charge is 0.496 e. The minimum absolute atomic E-state index is 0.0163. The molecule has 0 spiro atoms. The van der Waals surface area contributed by atoms with Crippen LogP contribution in [0, 0.1) is 17.2 Å². The molecule has 3 atom stereocenters. The van der Waals surface area contributed by atoms with Crippen LogP contribution in [-0.4, -0.2) is 50.9 Å². The Kier molecular flexibility index (Phi) is 8.08. The van der Waals surface area contributed by atoms with Crippen LogP contribution in [0.1, 0.15) is 28.7 Å². The van der Waals surface area contributed by atoms with E-state index in [2.05, 4.69) is 16.1 Å². The lowest BCUT2D eigenvalue weighted by atomic mass is 9.97. The molecule has 1 aliphatic heterocycles. The zero-order valence-corrected chi connectivity index (χ0v) is 25.0. The van der Waals surface area contributed by atoms with Crippen molar-refractivity contribution in [1.29, 1.82) is 5.26 Å². The fourth-order valence-corrected chi connectivity index (χ4v) is 7.55. The number of nitrogens with one attached hydrogen (secondary N) is 2. The molecule has 4 aromatic rings. The highest BCUT2D eigenvalue weighted by Gasteiger charge is 2.43. The molecule has 10 heteroatoms. The Labute approximate surface area is 256 Å². The smallest absolute Gasteiger partial charge is 0.241 e. The Morgan fingerprint density at radius 2 is 1.82 bits per heavy atom. The van der Waals surface area contributed by atoms with E-state index < -0.39 is 27.9 Å². The van der Waals surface area contributed by atoms with Crippen LogP contribution >= 0.6 is 0 Å². The second-order valence-electron chi connectivity index (χ2n) is 11.3. The maximum absolute atomic E-state index is 13.9. The number of nitriles is 1. The Hall–Kier alpha value is -4.72. The summed E-state index contributed by atoms with van der Waals surface area (Å²) >= 11 is 0. The van der Waals surface area contributed by atoms with Gasteiger partial charge in [0.1, 0.15) is 11.8 Å². The molecule has 6 rings (SSSR count). The SMILES string of the molecule is COc1cccc2c1CC(NC(=O)C(NS(=O)(=O)c1ccc3ccccc3c1)[C@@H]1CCN(Cc3cccc(C#N)c3)C1=O)C2. The number of hydrogen-bond acceptors (Lipinski definition) is 6. The first kappa shape index (κ1) is 29.4. The summed E-state index contributed by atoms with van der Waals surface area (Å²) < 4.78 is 35.6. The molecule has 0 aromatic heterocycles. The number of carbonyl (C=O) groups excluding carboxylic acids is 2. The van der Waals surface area contributed by atoms with Gasteiger partial charge in [0.25, 0.3) is 0 Å². The Balaban J connectivity index is 1.26. The van der Waals surface area contributed by atoms with Gasteiger partial charge in [-0.05, 0) is 77.1 Å². The summed E-state index contributed by atoms with van der Waals surface area (Å²) in [5, 5.41) is 13.9. The van der Waals surface area contributed by atoms with Crippen molar-refractivity contribution in [2.75, 3.05) is 13.7 Å². The summed E-state index contributed by atoms with van der Waals surface area (Å²) in [5.41, 5.74) is 3.34. The molecule has 1 heterocycles. The molecule has 4 aromatic carbocycles. The summed E-state index contributed by atoms with van der Waals surface area (Å²) in [5.74, 6) is -1.01. The molecule has 2 N–H and O–H groups in total. The fraction of sp³-hybridized carbons (Fsp3) is 0.265. The molecule has 2 aliphatic rings. The molecule has 0 bridgehead atoms. The minimum atomic E-state index is -4.18. The van der Waals surface area contributed by atoms with Gasteiger partial charge >= 0.3 is 0 Å². The van der Waals surface area contributed by atoms with Gasteiger partial charge in [-0.1, -0.05) is 54.6 Å². The number of fused-ring (bicyclic) bond motifs is 2. The van der Waals surface area contributed by atoms with Crippen LogP contribution < -0.4 is 14.8 Å².